The van der Waals surface area contributed by atoms with Crippen LogP contribution in [0.1, 0.15) is 19.8 Å². The zero-order valence-corrected chi connectivity index (χ0v) is 6.42. The van der Waals surface area contributed by atoms with E-state index in [4.69, 9.17) is 6.42 Å². The Labute approximate surface area is 65.9 Å². The molecule has 2 nitrogen and oxygen atoms in total. The lowest BCUT2D eigenvalue weighted by molar-refractivity contribution is -0.115. The predicted molar refractivity (Wildman–Crippen MR) is 41.8 cm³/mol. The molecule has 1 aliphatic carbocycles. The molecule has 0 fully saturated rings. The summed E-state index contributed by atoms with van der Waals surface area (Å²) in [7, 11) is 0. The molecule has 1 N–H and O–H groups in total. The van der Waals surface area contributed by atoms with E-state index < -0.39 is 6.10 Å². The zero-order chi connectivity index (χ0) is 8.43. The summed E-state index contributed by atoms with van der Waals surface area (Å²) in [5.74, 6) is 2.39. The third-order valence-corrected chi connectivity index (χ3v) is 1.97. The highest BCUT2D eigenvalue weighted by Crippen LogP contribution is 2.24. The highest BCUT2D eigenvalue weighted by atomic mass is 16.3. The highest BCUT2D eigenvalue weighted by Gasteiger charge is 2.26. The Bertz CT molecular complexity index is 255. The van der Waals surface area contributed by atoms with Gasteiger partial charge in [0.15, 0.2) is 5.78 Å². The summed E-state index contributed by atoms with van der Waals surface area (Å²) >= 11 is 0. The van der Waals surface area contributed by atoms with Gasteiger partial charge < -0.3 is 5.11 Å². The van der Waals surface area contributed by atoms with Crippen molar-refractivity contribution < 1.29 is 9.90 Å². The van der Waals surface area contributed by atoms with Crippen LogP contribution in [-0.4, -0.2) is 17.0 Å². The number of Topliss-reactive ketones (excluding diaryl/α,β-unsaturated/α-hetero) is 1. The molecule has 0 bridgehead atoms. The van der Waals surface area contributed by atoms with Crippen LogP contribution in [0.2, 0.25) is 0 Å². The van der Waals surface area contributed by atoms with Gasteiger partial charge in [-0.25, -0.2) is 0 Å². The van der Waals surface area contributed by atoms with Crippen LogP contribution in [0.4, 0.5) is 0 Å². The fourth-order valence-electron chi connectivity index (χ4n) is 1.21. The number of aliphatic hydroxyl groups is 1. The minimum Gasteiger partial charge on any atom is -0.388 e. The van der Waals surface area contributed by atoms with Crippen LogP contribution < -0.4 is 0 Å². The van der Waals surface area contributed by atoms with Crippen molar-refractivity contribution in [3.05, 3.63) is 11.1 Å². The molecule has 0 heterocycles. The number of carbonyl (C=O) groups is 1. The average Bonchev–Trinajstić information content (AvgIpc) is 2.17. The number of rotatable bonds is 1. The Morgan fingerprint density at radius 3 is 2.82 bits per heavy atom. The fourth-order valence-corrected chi connectivity index (χ4v) is 1.21. The van der Waals surface area contributed by atoms with Gasteiger partial charge >= 0.3 is 0 Å². The van der Waals surface area contributed by atoms with E-state index in [0.717, 1.165) is 5.57 Å². The molecule has 2 heteroatoms. The summed E-state index contributed by atoms with van der Waals surface area (Å²) in [5.41, 5.74) is 1.37. The molecule has 1 atom stereocenters. The van der Waals surface area contributed by atoms with Crippen molar-refractivity contribution in [2.45, 2.75) is 25.9 Å². The standard InChI is InChI=1S/C9H10O2/c1-3-4-7-6(2)8(10)5-9(7)11/h1,8,10H,4-5H2,2H3. The van der Waals surface area contributed by atoms with Crippen LogP contribution in [0.5, 0.6) is 0 Å². The Balaban J connectivity index is 2.89. The van der Waals surface area contributed by atoms with E-state index in [9.17, 15) is 9.90 Å². The monoisotopic (exact) mass is 150 g/mol. The molecule has 0 aromatic rings. The molecule has 0 saturated heterocycles. The molecule has 1 aliphatic rings. The number of carbonyl (C=O) groups excluding carboxylic acids is 1. The normalized spacial score (nSPS) is 24.1. The summed E-state index contributed by atoms with van der Waals surface area (Å²) in [6.45, 7) is 1.75. The second kappa shape index (κ2) is 2.89. The van der Waals surface area contributed by atoms with E-state index in [-0.39, 0.29) is 12.2 Å². The molecular weight excluding hydrogens is 140 g/mol. The average molecular weight is 150 g/mol. The number of terminal acetylenes is 1. The van der Waals surface area contributed by atoms with E-state index in [0.29, 0.717) is 12.0 Å². The molecule has 1 rings (SSSR count). The third kappa shape index (κ3) is 1.33. The van der Waals surface area contributed by atoms with Gasteiger partial charge in [-0.1, -0.05) is 0 Å². The van der Waals surface area contributed by atoms with Gasteiger partial charge in [0.1, 0.15) is 0 Å². The quantitative estimate of drug-likeness (QED) is 0.557. The summed E-state index contributed by atoms with van der Waals surface area (Å²) < 4.78 is 0. The van der Waals surface area contributed by atoms with Gasteiger partial charge in [0.25, 0.3) is 0 Å². The maximum Gasteiger partial charge on any atom is 0.162 e. The van der Waals surface area contributed by atoms with Crippen LogP contribution >= 0.6 is 0 Å². The summed E-state index contributed by atoms with van der Waals surface area (Å²) in [5, 5.41) is 9.22. The SMILES string of the molecule is C#CCC1=C(C)C(O)CC1=O. The van der Waals surface area contributed by atoms with Gasteiger partial charge in [-0.05, 0) is 12.5 Å². The maximum atomic E-state index is 11.1. The summed E-state index contributed by atoms with van der Waals surface area (Å²) in [6.07, 6.45) is 5.03. The van der Waals surface area contributed by atoms with Crippen LogP contribution in [-0.2, 0) is 4.79 Å². The van der Waals surface area contributed by atoms with Crippen molar-refractivity contribution in [3.8, 4) is 12.3 Å². The molecule has 0 amide bonds. The topological polar surface area (TPSA) is 37.3 Å². The molecule has 1 unspecified atom stereocenters. The third-order valence-electron chi connectivity index (χ3n) is 1.97. The lowest BCUT2D eigenvalue weighted by atomic mass is 10.1. The van der Waals surface area contributed by atoms with Crippen LogP contribution in [0.25, 0.3) is 0 Å². The van der Waals surface area contributed by atoms with E-state index in [2.05, 4.69) is 5.92 Å². The number of aliphatic hydroxyl groups excluding tert-OH is 1. The molecule has 0 aromatic heterocycles. The minimum atomic E-state index is -0.592. The van der Waals surface area contributed by atoms with Crippen LogP contribution in [0.3, 0.4) is 0 Å². The Morgan fingerprint density at radius 1 is 1.82 bits per heavy atom. The number of ketones is 1. The minimum absolute atomic E-state index is 0.00653. The van der Waals surface area contributed by atoms with E-state index in [1.165, 1.54) is 0 Å². The zero-order valence-electron chi connectivity index (χ0n) is 6.42. The Kier molecular flexibility index (Phi) is 2.11. The van der Waals surface area contributed by atoms with Crippen molar-refractivity contribution in [2.24, 2.45) is 0 Å². The lowest BCUT2D eigenvalue weighted by Gasteiger charge is -1.99. The number of allylic oxidation sites excluding steroid dienone is 1. The van der Waals surface area contributed by atoms with Crippen LogP contribution in [0, 0.1) is 12.3 Å². The fraction of sp³-hybridized carbons (Fsp3) is 0.444. The first-order chi connectivity index (χ1) is 5.16. The second-order valence-corrected chi connectivity index (χ2v) is 2.69. The van der Waals surface area contributed by atoms with E-state index in [1.807, 2.05) is 0 Å². The number of hydrogen-bond acceptors (Lipinski definition) is 2. The number of hydrogen-bond donors (Lipinski definition) is 1. The van der Waals surface area contributed by atoms with E-state index in [1.54, 1.807) is 6.92 Å². The van der Waals surface area contributed by atoms with E-state index >= 15 is 0 Å². The first-order valence-electron chi connectivity index (χ1n) is 3.51. The molecule has 0 saturated carbocycles. The largest absolute Gasteiger partial charge is 0.388 e. The smallest absolute Gasteiger partial charge is 0.162 e. The Morgan fingerprint density at radius 2 is 2.45 bits per heavy atom. The Hall–Kier alpha value is -1.07. The van der Waals surface area contributed by atoms with Gasteiger partial charge in [0.05, 0.1) is 6.10 Å². The van der Waals surface area contributed by atoms with Gasteiger partial charge in [-0.3, -0.25) is 4.79 Å². The molecular formula is C9H10O2. The first-order valence-corrected chi connectivity index (χ1v) is 3.51. The van der Waals surface area contributed by atoms with Gasteiger partial charge in [0, 0.05) is 18.4 Å². The maximum absolute atomic E-state index is 11.1. The van der Waals surface area contributed by atoms with Crippen molar-refractivity contribution in [2.75, 3.05) is 0 Å². The first kappa shape index (κ1) is 8.03. The molecule has 58 valence electrons. The van der Waals surface area contributed by atoms with Crippen LogP contribution in [0.15, 0.2) is 11.1 Å². The van der Waals surface area contributed by atoms with Gasteiger partial charge in [-0.2, -0.15) is 0 Å². The van der Waals surface area contributed by atoms with Crippen molar-refractivity contribution in [1.82, 2.24) is 0 Å². The summed E-state index contributed by atoms with van der Waals surface area (Å²) in [6, 6.07) is 0. The van der Waals surface area contributed by atoms with Gasteiger partial charge in [-0.15, -0.1) is 12.3 Å². The molecule has 0 spiro atoms. The highest BCUT2D eigenvalue weighted by molar-refractivity contribution is 5.99. The summed E-state index contributed by atoms with van der Waals surface area (Å²) in [4.78, 5) is 11.1. The second-order valence-electron chi connectivity index (χ2n) is 2.69. The van der Waals surface area contributed by atoms with Crippen molar-refractivity contribution in [1.29, 1.82) is 0 Å². The molecule has 0 aliphatic heterocycles. The van der Waals surface area contributed by atoms with Crippen molar-refractivity contribution in [3.63, 3.8) is 0 Å². The van der Waals surface area contributed by atoms with Crippen molar-refractivity contribution >= 4 is 5.78 Å². The molecule has 0 radical (unpaired) electrons. The lowest BCUT2D eigenvalue weighted by Crippen LogP contribution is -2.03. The molecule has 0 aromatic carbocycles. The molecule has 11 heavy (non-hydrogen) atoms. The predicted octanol–water partition coefficient (Wildman–Crippen LogP) is 0.660. The van der Waals surface area contributed by atoms with Gasteiger partial charge in [0.2, 0.25) is 0 Å².